The van der Waals surface area contributed by atoms with Gasteiger partial charge in [0, 0.05) is 44.6 Å². The van der Waals surface area contributed by atoms with Gasteiger partial charge in [-0.2, -0.15) is 0 Å². The number of carbonyl (C=O) groups excluding carboxylic acids is 1. The number of halogens is 1. The largest absolute Gasteiger partial charge is 0.381 e. The second-order valence-corrected chi connectivity index (χ2v) is 4.91. The van der Waals surface area contributed by atoms with Gasteiger partial charge in [-0.1, -0.05) is 29.8 Å². The lowest BCUT2D eigenvalue weighted by Crippen LogP contribution is -2.46. The standard InChI is InChI=1S/C14H17ClO3/c1-17-14(6-8-18-9-7-14)13(16)10-11-4-2-3-5-12(11)15/h2-5H,6-10H2,1H3. The topological polar surface area (TPSA) is 35.5 Å². The lowest BCUT2D eigenvalue weighted by atomic mass is 9.86. The third kappa shape index (κ3) is 2.74. The van der Waals surface area contributed by atoms with E-state index in [4.69, 9.17) is 21.1 Å². The summed E-state index contributed by atoms with van der Waals surface area (Å²) in [4.78, 5) is 12.4. The van der Waals surface area contributed by atoms with E-state index in [-0.39, 0.29) is 5.78 Å². The summed E-state index contributed by atoms with van der Waals surface area (Å²) in [6.07, 6.45) is 1.55. The number of ketones is 1. The Morgan fingerprint density at radius 2 is 2.06 bits per heavy atom. The SMILES string of the molecule is COC1(C(=O)Cc2ccccc2Cl)CCOCC1. The summed E-state index contributed by atoms with van der Waals surface area (Å²) < 4.78 is 10.8. The van der Waals surface area contributed by atoms with Crippen molar-refractivity contribution in [3.63, 3.8) is 0 Å². The maximum absolute atomic E-state index is 12.4. The molecule has 0 aromatic heterocycles. The number of hydrogen-bond acceptors (Lipinski definition) is 3. The number of methoxy groups -OCH3 is 1. The van der Waals surface area contributed by atoms with Gasteiger partial charge in [0.05, 0.1) is 0 Å². The van der Waals surface area contributed by atoms with Crippen LogP contribution >= 0.6 is 11.6 Å². The average Bonchev–Trinajstić information content (AvgIpc) is 2.42. The molecule has 0 aliphatic carbocycles. The van der Waals surface area contributed by atoms with Gasteiger partial charge in [-0.15, -0.1) is 0 Å². The fourth-order valence-corrected chi connectivity index (χ4v) is 2.48. The van der Waals surface area contributed by atoms with Crippen molar-refractivity contribution in [1.29, 1.82) is 0 Å². The van der Waals surface area contributed by atoms with Crippen LogP contribution in [0.3, 0.4) is 0 Å². The fourth-order valence-electron chi connectivity index (χ4n) is 2.27. The van der Waals surface area contributed by atoms with Crippen LogP contribution in [0.15, 0.2) is 24.3 Å². The Hall–Kier alpha value is -0.900. The minimum Gasteiger partial charge on any atom is -0.381 e. The van der Waals surface area contributed by atoms with Gasteiger partial charge < -0.3 is 9.47 Å². The first-order valence-electron chi connectivity index (χ1n) is 6.07. The van der Waals surface area contributed by atoms with Crippen LogP contribution in [0.25, 0.3) is 0 Å². The number of carbonyl (C=O) groups is 1. The van der Waals surface area contributed by atoms with Gasteiger partial charge in [0.2, 0.25) is 0 Å². The van der Waals surface area contributed by atoms with Gasteiger partial charge in [0.15, 0.2) is 5.78 Å². The molecule has 2 rings (SSSR count). The molecule has 0 saturated carbocycles. The zero-order valence-corrected chi connectivity index (χ0v) is 11.2. The van der Waals surface area contributed by atoms with Gasteiger partial charge in [-0.05, 0) is 11.6 Å². The molecule has 1 saturated heterocycles. The highest BCUT2D eigenvalue weighted by molar-refractivity contribution is 6.31. The monoisotopic (exact) mass is 268 g/mol. The smallest absolute Gasteiger partial charge is 0.169 e. The molecule has 1 aliphatic heterocycles. The first-order valence-corrected chi connectivity index (χ1v) is 6.45. The van der Waals surface area contributed by atoms with Crippen molar-refractivity contribution in [2.24, 2.45) is 0 Å². The lowest BCUT2D eigenvalue weighted by Gasteiger charge is -2.34. The van der Waals surface area contributed by atoms with Crippen LogP contribution in [-0.4, -0.2) is 31.7 Å². The van der Waals surface area contributed by atoms with Crippen molar-refractivity contribution < 1.29 is 14.3 Å². The summed E-state index contributed by atoms with van der Waals surface area (Å²) in [6, 6.07) is 7.42. The molecule has 4 heteroatoms. The third-order valence-corrected chi connectivity index (χ3v) is 3.88. The average molecular weight is 269 g/mol. The Labute approximate surface area is 112 Å². The molecule has 1 aromatic rings. The maximum atomic E-state index is 12.4. The molecule has 1 fully saturated rings. The predicted octanol–water partition coefficient (Wildman–Crippen LogP) is 2.65. The molecule has 1 aliphatic rings. The van der Waals surface area contributed by atoms with Gasteiger partial charge in [-0.3, -0.25) is 4.79 Å². The van der Waals surface area contributed by atoms with Crippen LogP contribution in [0.4, 0.5) is 0 Å². The van der Waals surface area contributed by atoms with E-state index in [0.717, 1.165) is 5.56 Å². The summed E-state index contributed by atoms with van der Waals surface area (Å²) in [7, 11) is 1.59. The molecule has 0 unspecified atom stereocenters. The molecule has 3 nitrogen and oxygen atoms in total. The molecule has 18 heavy (non-hydrogen) atoms. The normalized spacial score (nSPS) is 18.6. The van der Waals surface area contributed by atoms with E-state index >= 15 is 0 Å². The zero-order valence-electron chi connectivity index (χ0n) is 10.4. The van der Waals surface area contributed by atoms with Gasteiger partial charge in [0.25, 0.3) is 0 Å². The summed E-state index contributed by atoms with van der Waals surface area (Å²) in [5, 5.41) is 0.629. The first kappa shape index (κ1) is 13.5. The van der Waals surface area contributed by atoms with Gasteiger partial charge in [0.1, 0.15) is 5.60 Å². The van der Waals surface area contributed by atoms with Crippen molar-refractivity contribution in [3.8, 4) is 0 Å². The van der Waals surface area contributed by atoms with Crippen molar-refractivity contribution >= 4 is 17.4 Å². The highest BCUT2D eigenvalue weighted by Gasteiger charge is 2.39. The third-order valence-electron chi connectivity index (χ3n) is 3.51. The number of ether oxygens (including phenoxy) is 2. The molecule has 0 bridgehead atoms. The van der Waals surface area contributed by atoms with Crippen molar-refractivity contribution in [3.05, 3.63) is 34.9 Å². The zero-order chi connectivity index (χ0) is 13.0. The fraction of sp³-hybridized carbons (Fsp3) is 0.500. The van der Waals surface area contributed by atoms with Crippen LogP contribution < -0.4 is 0 Å². The van der Waals surface area contributed by atoms with E-state index in [1.807, 2.05) is 18.2 Å². The van der Waals surface area contributed by atoms with E-state index in [1.54, 1.807) is 13.2 Å². The first-order chi connectivity index (χ1) is 8.68. The van der Waals surface area contributed by atoms with Crippen LogP contribution in [0, 0.1) is 0 Å². The lowest BCUT2D eigenvalue weighted by molar-refractivity contribution is -0.151. The van der Waals surface area contributed by atoms with Crippen molar-refractivity contribution in [2.45, 2.75) is 24.9 Å². The molecule has 0 atom stereocenters. The molecule has 0 radical (unpaired) electrons. The minimum absolute atomic E-state index is 0.0846. The van der Waals surface area contributed by atoms with E-state index in [1.165, 1.54) is 0 Å². The molecule has 0 N–H and O–H groups in total. The number of rotatable bonds is 4. The van der Waals surface area contributed by atoms with Gasteiger partial charge in [-0.25, -0.2) is 0 Å². The Balaban J connectivity index is 2.13. The molecular formula is C14H17ClO3. The van der Waals surface area contributed by atoms with E-state index < -0.39 is 5.60 Å². The number of benzene rings is 1. The second kappa shape index (κ2) is 5.83. The van der Waals surface area contributed by atoms with Crippen molar-refractivity contribution in [2.75, 3.05) is 20.3 Å². The minimum atomic E-state index is -0.697. The molecular weight excluding hydrogens is 252 g/mol. The highest BCUT2D eigenvalue weighted by atomic mass is 35.5. The van der Waals surface area contributed by atoms with Crippen molar-refractivity contribution in [1.82, 2.24) is 0 Å². The van der Waals surface area contributed by atoms with Crippen LogP contribution in [0.1, 0.15) is 18.4 Å². The summed E-state index contributed by atoms with van der Waals surface area (Å²) in [5.41, 5.74) is 0.157. The second-order valence-electron chi connectivity index (χ2n) is 4.50. The van der Waals surface area contributed by atoms with Crippen LogP contribution in [0.5, 0.6) is 0 Å². The van der Waals surface area contributed by atoms with E-state index in [2.05, 4.69) is 0 Å². The maximum Gasteiger partial charge on any atom is 0.169 e. The summed E-state index contributed by atoms with van der Waals surface area (Å²) in [6.45, 7) is 1.14. The predicted molar refractivity (Wildman–Crippen MR) is 70.0 cm³/mol. The number of Topliss-reactive ketones (excluding diaryl/α,β-unsaturated/α-hetero) is 1. The quantitative estimate of drug-likeness (QED) is 0.842. The summed E-state index contributed by atoms with van der Waals surface area (Å²) >= 11 is 6.08. The number of hydrogen-bond donors (Lipinski definition) is 0. The van der Waals surface area contributed by atoms with E-state index in [9.17, 15) is 4.79 Å². The Bertz CT molecular complexity index is 425. The Morgan fingerprint density at radius 3 is 2.67 bits per heavy atom. The summed E-state index contributed by atoms with van der Waals surface area (Å²) in [5.74, 6) is 0.0846. The molecule has 98 valence electrons. The Morgan fingerprint density at radius 1 is 1.39 bits per heavy atom. The molecule has 0 spiro atoms. The Kier molecular flexibility index (Phi) is 4.38. The molecule has 1 heterocycles. The van der Waals surface area contributed by atoms with Crippen LogP contribution in [0.2, 0.25) is 5.02 Å². The van der Waals surface area contributed by atoms with Gasteiger partial charge >= 0.3 is 0 Å². The molecule has 0 amide bonds. The van der Waals surface area contributed by atoms with Crippen LogP contribution in [-0.2, 0) is 20.7 Å². The molecule has 1 aromatic carbocycles. The van der Waals surface area contributed by atoms with E-state index in [0.29, 0.717) is 37.5 Å². The highest BCUT2D eigenvalue weighted by Crippen LogP contribution is 2.28.